The largest absolute Gasteiger partial charge is 0.500 e. The maximum atomic E-state index is 11.6. The maximum Gasteiger partial charge on any atom is 0.500 e. The molecular weight excluding hydrogens is 436 g/mol. The van der Waals surface area contributed by atoms with Crippen LogP contribution in [-0.2, 0) is 18.1 Å². The van der Waals surface area contributed by atoms with Crippen molar-refractivity contribution in [2.24, 2.45) is 0 Å². The van der Waals surface area contributed by atoms with E-state index < -0.39 is 14.8 Å². The zero-order valence-corrected chi connectivity index (χ0v) is 22.1. The Morgan fingerprint density at radius 3 is 1.91 bits per heavy atom. The van der Waals surface area contributed by atoms with Gasteiger partial charge in [0.25, 0.3) is 0 Å². The summed E-state index contributed by atoms with van der Waals surface area (Å²) >= 11 is 0. The van der Waals surface area contributed by atoms with Crippen molar-refractivity contribution in [3.63, 3.8) is 0 Å². The standard InChI is InChI=1S/C26H44O6Si/c1-5-20-29-25-18-16-23(17-19-25)22-24(26(27)28)15-13-11-9-10-12-14-21-33(30-6-2,31-7-3)32-8-4/h16-19,22H,5-15,20-21H2,1-4H3,(H,27,28)/b24-22+. The minimum absolute atomic E-state index is 0.457. The van der Waals surface area contributed by atoms with Gasteiger partial charge in [-0.3, -0.25) is 0 Å². The number of hydrogen-bond acceptors (Lipinski definition) is 5. The van der Waals surface area contributed by atoms with Gasteiger partial charge in [0.05, 0.1) is 6.61 Å². The molecule has 0 saturated heterocycles. The first-order valence-corrected chi connectivity index (χ1v) is 14.5. The zero-order chi connectivity index (χ0) is 24.4. The Hall–Kier alpha value is -1.67. The maximum absolute atomic E-state index is 11.6. The van der Waals surface area contributed by atoms with Crippen molar-refractivity contribution in [2.75, 3.05) is 26.4 Å². The second-order valence-corrected chi connectivity index (χ2v) is 10.7. The monoisotopic (exact) mass is 480 g/mol. The molecule has 0 fully saturated rings. The molecule has 0 saturated carbocycles. The quantitative estimate of drug-likeness (QED) is 0.127. The number of carbonyl (C=O) groups is 1. The second-order valence-electron chi connectivity index (χ2n) is 8.00. The van der Waals surface area contributed by atoms with Gasteiger partial charge in [-0.25, -0.2) is 4.79 Å². The SMILES string of the molecule is CCCOc1ccc(/C=C(\CCCCCCCC[Si](OCC)(OCC)OCC)C(=O)O)cc1. The fourth-order valence-electron chi connectivity index (χ4n) is 3.69. The van der Waals surface area contributed by atoms with Crippen LogP contribution >= 0.6 is 0 Å². The molecule has 0 bridgehead atoms. The van der Waals surface area contributed by atoms with Crippen molar-refractivity contribution in [1.29, 1.82) is 0 Å². The van der Waals surface area contributed by atoms with Gasteiger partial charge >= 0.3 is 14.8 Å². The molecule has 0 atom stereocenters. The number of ether oxygens (including phenoxy) is 1. The minimum atomic E-state index is -2.53. The molecule has 1 N–H and O–H groups in total. The Morgan fingerprint density at radius 2 is 1.39 bits per heavy atom. The van der Waals surface area contributed by atoms with Crippen LogP contribution < -0.4 is 4.74 Å². The van der Waals surface area contributed by atoms with Crippen molar-refractivity contribution in [1.82, 2.24) is 0 Å². The molecule has 6 nitrogen and oxygen atoms in total. The number of hydrogen-bond donors (Lipinski definition) is 1. The van der Waals surface area contributed by atoms with Gasteiger partial charge in [0.2, 0.25) is 0 Å². The van der Waals surface area contributed by atoms with Gasteiger partial charge in [-0.1, -0.05) is 44.7 Å². The van der Waals surface area contributed by atoms with Gasteiger partial charge in [-0.05, 0) is 70.2 Å². The van der Waals surface area contributed by atoms with E-state index in [1.807, 2.05) is 45.0 Å². The first-order valence-electron chi connectivity index (χ1n) is 12.6. The third kappa shape index (κ3) is 12.4. The van der Waals surface area contributed by atoms with Crippen molar-refractivity contribution < 1.29 is 27.9 Å². The molecule has 0 spiro atoms. The van der Waals surface area contributed by atoms with Gasteiger partial charge in [0.15, 0.2) is 0 Å². The normalized spacial score (nSPS) is 12.2. The highest BCUT2D eigenvalue weighted by Gasteiger charge is 2.39. The highest BCUT2D eigenvalue weighted by molar-refractivity contribution is 6.60. The number of rotatable bonds is 20. The lowest BCUT2D eigenvalue weighted by Crippen LogP contribution is -2.45. The van der Waals surface area contributed by atoms with Gasteiger partial charge in [-0.15, -0.1) is 0 Å². The lowest BCUT2D eigenvalue weighted by atomic mass is 10.0. The Kier molecular flexibility index (Phi) is 15.8. The molecule has 0 heterocycles. The van der Waals surface area contributed by atoms with Crippen LogP contribution in [0, 0.1) is 0 Å². The van der Waals surface area contributed by atoms with Crippen molar-refractivity contribution in [3.05, 3.63) is 35.4 Å². The number of aliphatic carboxylic acids is 1. The lowest BCUT2D eigenvalue weighted by Gasteiger charge is -2.28. The molecule has 0 radical (unpaired) electrons. The lowest BCUT2D eigenvalue weighted by molar-refractivity contribution is -0.132. The number of benzene rings is 1. The predicted octanol–water partition coefficient (Wildman–Crippen LogP) is 6.72. The topological polar surface area (TPSA) is 74.2 Å². The third-order valence-electron chi connectivity index (χ3n) is 5.24. The van der Waals surface area contributed by atoms with E-state index in [0.29, 0.717) is 38.4 Å². The average Bonchev–Trinajstić information content (AvgIpc) is 2.80. The van der Waals surface area contributed by atoms with E-state index in [4.69, 9.17) is 18.0 Å². The van der Waals surface area contributed by atoms with Crippen LogP contribution in [0.25, 0.3) is 6.08 Å². The van der Waals surface area contributed by atoms with E-state index in [9.17, 15) is 9.90 Å². The fourth-order valence-corrected chi connectivity index (χ4v) is 6.37. The molecule has 0 unspecified atom stereocenters. The number of carboxylic acids is 1. The van der Waals surface area contributed by atoms with E-state index in [-0.39, 0.29) is 0 Å². The Labute approximate surface area is 201 Å². The summed E-state index contributed by atoms with van der Waals surface area (Å²) in [4.78, 5) is 11.6. The van der Waals surface area contributed by atoms with Crippen LogP contribution in [0.1, 0.15) is 84.6 Å². The summed E-state index contributed by atoms with van der Waals surface area (Å²) in [6.07, 6.45) is 9.58. The molecule has 33 heavy (non-hydrogen) atoms. The van der Waals surface area contributed by atoms with Crippen LogP contribution in [-0.4, -0.2) is 46.3 Å². The molecule has 0 aliphatic heterocycles. The van der Waals surface area contributed by atoms with Gasteiger partial charge in [0, 0.05) is 31.4 Å². The molecule has 1 aromatic carbocycles. The number of unbranched alkanes of at least 4 members (excludes halogenated alkanes) is 5. The molecule has 188 valence electrons. The summed E-state index contributed by atoms with van der Waals surface area (Å²) in [5.74, 6) is -0.0278. The zero-order valence-electron chi connectivity index (χ0n) is 21.1. The summed E-state index contributed by atoms with van der Waals surface area (Å²) in [6.45, 7) is 10.5. The number of carboxylic acid groups (broad SMARTS) is 1. The van der Waals surface area contributed by atoms with Crippen LogP contribution in [0.2, 0.25) is 6.04 Å². The Morgan fingerprint density at radius 1 is 0.848 bits per heavy atom. The van der Waals surface area contributed by atoms with Gasteiger partial charge < -0.3 is 23.1 Å². The fraction of sp³-hybridized carbons (Fsp3) is 0.654. The summed E-state index contributed by atoms with van der Waals surface area (Å²) in [7, 11) is -2.53. The third-order valence-corrected chi connectivity index (χ3v) is 8.39. The summed E-state index contributed by atoms with van der Waals surface area (Å²) < 4.78 is 23.3. The van der Waals surface area contributed by atoms with Gasteiger partial charge in [-0.2, -0.15) is 0 Å². The predicted molar refractivity (Wildman–Crippen MR) is 136 cm³/mol. The average molecular weight is 481 g/mol. The van der Waals surface area contributed by atoms with Gasteiger partial charge in [0.1, 0.15) is 5.75 Å². The van der Waals surface area contributed by atoms with E-state index in [0.717, 1.165) is 62.3 Å². The summed E-state index contributed by atoms with van der Waals surface area (Å²) in [6, 6.07) is 8.45. The van der Waals surface area contributed by atoms with Crippen LogP contribution in [0.5, 0.6) is 5.75 Å². The highest BCUT2D eigenvalue weighted by atomic mass is 28.4. The first kappa shape index (κ1) is 29.4. The highest BCUT2D eigenvalue weighted by Crippen LogP contribution is 2.22. The minimum Gasteiger partial charge on any atom is -0.494 e. The van der Waals surface area contributed by atoms with E-state index in [1.54, 1.807) is 6.08 Å². The summed E-state index contributed by atoms with van der Waals surface area (Å²) in [5.41, 5.74) is 1.35. The van der Waals surface area contributed by atoms with Crippen LogP contribution in [0.15, 0.2) is 29.8 Å². The van der Waals surface area contributed by atoms with Crippen molar-refractivity contribution >= 4 is 20.8 Å². The molecule has 0 aliphatic rings. The van der Waals surface area contributed by atoms with Crippen LogP contribution in [0.4, 0.5) is 0 Å². The molecule has 7 heteroatoms. The smallest absolute Gasteiger partial charge is 0.494 e. The van der Waals surface area contributed by atoms with E-state index in [2.05, 4.69) is 6.92 Å². The Balaban J connectivity index is 2.36. The van der Waals surface area contributed by atoms with Crippen molar-refractivity contribution in [3.8, 4) is 5.75 Å². The molecule has 1 rings (SSSR count). The van der Waals surface area contributed by atoms with E-state index >= 15 is 0 Å². The molecule has 0 amide bonds. The molecule has 0 aliphatic carbocycles. The molecule has 1 aromatic rings. The summed E-state index contributed by atoms with van der Waals surface area (Å²) in [5, 5.41) is 9.56. The Bertz CT molecular complexity index is 657. The molecule has 0 aromatic heterocycles. The molecular formula is C26H44O6Si. The van der Waals surface area contributed by atoms with Crippen molar-refractivity contribution in [2.45, 2.75) is 85.1 Å². The van der Waals surface area contributed by atoms with Crippen LogP contribution in [0.3, 0.4) is 0 Å². The second kappa shape index (κ2) is 17.8. The van der Waals surface area contributed by atoms with E-state index in [1.165, 1.54) is 0 Å². The first-order chi connectivity index (χ1) is 16.0.